The zero-order valence-corrected chi connectivity index (χ0v) is 16.6. The summed E-state index contributed by atoms with van der Waals surface area (Å²) in [5, 5.41) is 4.99. The van der Waals surface area contributed by atoms with Gasteiger partial charge in [0.1, 0.15) is 12.4 Å². The number of ether oxygens (including phenoxy) is 2. The number of hydrogen-bond donors (Lipinski definition) is 3. The Kier molecular flexibility index (Phi) is 7.40. The monoisotopic (exact) mass is 400 g/mol. The Labute approximate surface area is 170 Å². The summed E-state index contributed by atoms with van der Waals surface area (Å²) in [6.07, 6.45) is 0.00757. The average Bonchev–Trinajstić information content (AvgIpc) is 2.74. The van der Waals surface area contributed by atoms with Gasteiger partial charge in [-0.1, -0.05) is 30.3 Å². The van der Waals surface area contributed by atoms with Crippen LogP contribution in [0.1, 0.15) is 18.9 Å². The SMILES string of the molecule is CCOCCOc1ccc2ccccc2c1CN1CCNC(=O)C1CC(=O)NN. The Hall–Kier alpha value is -2.68. The lowest BCUT2D eigenvalue weighted by molar-refractivity contribution is -0.134. The molecule has 1 fully saturated rings. The highest BCUT2D eigenvalue weighted by Gasteiger charge is 2.32. The molecule has 156 valence electrons. The summed E-state index contributed by atoms with van der Waals surface area (Å²) < 4.78 is 11.4. The highest BCUT2D eigenvalue weighted by Crippen LogP contribution is 2.30. The molecule has 0 saturated carbocycles. The molecule has 8 nitrogen and oxygen atoms in total. The van der Waals surface area contributed by atoms with Crippen molar-refractivity contribution in [1.82, 2.24) is 15.6 Å². The fraction of sp³-hybridized carbons (Fsp3) is 0.429. The minimum atomic E-state index is -0.581. The number of amides is 2. The molecule has 8 heteroatoms. The Morgan fingerprint density at radius 3 is 2.90 bits per heavy atom. The van der Waals surface area contributed by atoms with Crippen molar-refractivity contribution in [3.8, 4) is 5.75 Å². The van der Waals surface area contributed by atoms with Gasteiger partial charge in [-0.3, -0.25) is 19.9 Å². The van der Waals surface area contributed by atoms with E-state index in [0.717, 1.165) is 22.1 Å². The fourth-order valence-electron chi connectivity index (χ4n) is 3.58. The van der Waals surface area contributed by atoms with Crippen molar-refractivity contribution in [2.45, 2.75) is 25.9 Å². The predicted molar refractivity (Wildman–Crippen MR) is 110 cm³/mol. The van der Waals surface area contributed by atoms with Crippen molar-refractivity contribution in [2.75, 3.05) is 32.9 Å². The Balaban J connectivity index is 1.89. The van der Waals surface area contributed by atoms with Crippen molar-refractivity contribution in [3.63, 3.8) is 0 Å². The van der Waals surface area contributed by atoms with Gasteiger partial charge < -0.3 is 14.8 Å². The van der Waals surface area contributed by atoms with Crippen LogP contribution in [0.2, 0.25) is 0 Å². The van der Waals surface area contributed by atoms with Gasteiger partial charge in [0.2, 0.25) is 11.8 Å². The van der Waals surface area contributed by atoms with Gasteiger partial charge in [-0.2, -0.15) is 0 Å². The van der Waals surface area contributed by atoms with E-state index >= 15 is 0 Å². The quantitative estimate of drug-likeness (QED) is 0.250. The van der Waals surface area contributed by atoms with E-state index in [9.17, 15) is 9.59 Å². The third-order valence-corrected chi connectivity index (χ3v) is 5.03. The van der Waals surface area contributed by atoms with E-state index in [1.54, 1.807) is 0 Å². The van der Waals surface area contributed by atoms with Crippen molar-refractivity contribution in [2.24, 2.45) is 5.84 Å². The van der Waals surface area contributed by atoms with Crippen molar-refractivity contribution in [1.29, 1.82) is 0 Å². The summed E-state index contributed by atoms with van der Waals surface area (Å²) in [5.41, 5.74) is 3.11. The molecule has 0 spiro atoms. The molecule has 29 heavy (non-hydrogen) atoms. The number of nitrogens with one attached hydrogen (secondary N) is 2. The van der Waals surface area contributed by atoms with E-state index in [-0.39, 0.29) is 18.2 Å². The fourth-order valence-corrected chi connectivity index (χ4v) is 3.58. The zero-order valence-electron chi connectivity index (χ0n) is 16.6. The molecule has 2 aromatic carbocycles. The van der Waals surface area contributed by atoms with Crippen LogP contribution in [-0.4, -0.2) is 55.7 Å². The summed E-state index contributed by atoms with van der Waals surface area (Å²) in [6.45, 7) is 5.19. The maximum Gasteiger partial charge on any atom is 0.237 e. The molecule has 1 unspecified atom stereocenters. The Morgan fingerprint density at radius 2 is 2.10 bits per heavy atom. The molecule has 2 amide bonds. The molecule has 3 rings (SSSR count). The third-order valence-electron chi connectivity index (χ3n) is 5.03. The summed E-state index contributed by atoms with van der Waals surface area (Å²) in [5.74, 6) is 5.45. The number of carbonyl (C=O) groups is 2. The molecule has 0 bridgehead atoms. The second-order valence-electron chi connectivity index (χ2n) is 6.86. The number of benzene rings is 2. The molecule has 1 heterocycles. The molecular weight excluding hydrogens is 372 g/mol. The third kappa shape index (κ3) is 5.23. The van der Waals surface area contributed by atoms with Crippen LogP contribution in [-0.2, 0) is 20.9 Å². The average molecular weight is 400 g/mol. The van der Waals surface area contributed by atoms with E-state index in [1.807, 2.05) is 48.2 Å². The van der Waals surface area contributed by atoms with Gasteiger partial charge in [0.15, 0.2) is 0 Å². The van der Waals surface area contributed by atoms with E-state index in [4.69, 9.17) is 15.3 Å². The number of carbonyl (C=O) groups excluding carboxylic acids is 2. The number of nitrogens with zero attached hydrogens (tertiary/aromatic N) is 1. The first-order valence-corrected chi connectivity index (χ1v) is 9.86. The lowest BCUT2D eigenvalue weighted by Gasteiger charge is -2.35. The molecule has 4 N–H and O–H groups in total. The van der Waals surface area contributed by atoms with Gasteiger partial charge in [-0.15, -0.1) is 0 Å². The van der Waals surface area contributed by atoms with Crippen LogP contribution >= 0.6 is 0 Å². The van der Waals surface area contributed by atoms with Crippen LogP contribution in [0, 0.1) is 0 Å². The minimum absolute atomic E-state index is 0.00757. The number of piperazine rings is 1. The summed E-state index contributed by atoms with van der Waals surface area (Å²) >= 11 is 0. The lowest BCUT2D eigenvalue weighted by atomic mass is 10.0. The summed E-state index contributed by atoms with van der Waals surface area (Å²) in [7, 11) is 0. The van der Waals surface area contributed by atoms with E-state index < -0.39 is 6.04 Å². The normalized spacial score (nSPS) is 17.2. The largest absolute Gasteiger partial charge is 0.491 e. The molecule has 1 saturated heterocycles. The predicted octanol–water partition coefficient (Wildman–Crippen LogP) is 0.936. The van der Waals surface area contributed by atoms with Gasteiger partial charge in [0.25, 0.3) is 0 Å². The standard InChI is InChI=1S/C21H28N4O4/c1-2-28-11-12-29-19-8-7-15-5-3-4-6-16(15)17(19)14-25-10-9-23-21(27)18(25)13-20(26)24-22/h3-8,18H,2,9-14,22H2,1H3,(H,23,27)(H,24,26). The lowest BCUT2D eigenvalue weighted by Crippen LogP contribution is -2.56. The number of nitrogens with two attached hydrogens (primary N) is 1. The Bertz CT molecular complexity index is 858. The summed E-state index contributed by atoms with van der Waals surface area (Å²) in [4.78, 5) is 26.2. The van der Waals surface area contributed by atoms with Gasteiger partial charge in [-0.05, 0) is 23.8 Å². The molecule has 0 aromatic heterocycles. The number of rotatable bonds is 9. The van der Waals surface area contributed by atoms with Gasteiger partial charge >= 0.3 is 0 Å². The van der Waals surface area contributed by atoms with Crippen LogP contribution in [0.25, 0.3) is 10.8 Å². The molecule has 0 radical (unpaired) electrons. The van der Waals surface area contributed by atoms with E-state index in [0.29, 0.717) is 39.5 Å². The minimum Gasteiger partial charge on any atom is -0.491 e. The molecule has 1 aliphatic heterocycles. The van der Waals surface area contributed by atoms with Gasteiger partial charge in [-0.25, -0.2) is 5.84 Å². The number of hydrazine groups is 1. The van der Waals surface area contributed by atoms with Crippen LogP contribution in [0.5, 0.6) is 5.75 Å². The van der Waals surface area contributed by atoms with Crippen LogP contribution in [0.3, 0.4) is 0 Å². The number of fused-ring (bicyclic) bond motifs is 1. The van der Waals surface area contributed by atoms with Crippen LogP contribution in [0.15, 0.2) is 36.4 Å². The number of hydrogen-bond acceptors (Lipinski definition) is 6. The van der Waals surface area contributed by atoms with Crippen LogP contribution in [0.4, 0.5) is 0 Å². The second-order valence-corrected chi connectivity index (χ2v) is 6.86. The molecule has 1 aliphatic rings. The van der Waals surface area contributed by atoms with Crippen molar-refractivity contribution in [3.05, 3.63) is 42.0 Å². The smallest absolute Gasteiger partial charge is 0.237 e. The Morgan fingerprint density at radius 1 is 1.28 bits per heavy atom. The van der Waals surface area contributed by atoms with Crippen LogP contribution < -0.4 is 21.3 Å². The van der Waals surface area contributed by atoms with Crippen molar-refractivity contribution < 1.29 is 19.1 Å². The first kappa shape index (κ1) is 21.0. The molecule has 0 aliphatic carbocycles. The maximum atomic E-state index is 12.4. The van der Waals surface area contributed by atoms with E-state index in [2.05, 4.69) is 10.7 Å². The summed E-state index contributed by atoms with van der Waals surface area (Å²) in [6, 6.07) is 11.5. The molecular formula is C21H28N4O4. The molecule has 1 atom stereocenters. The van der Waals surface area contributed by atoms with Crippen molar-refractivity contribution >= 4 is 22.6 Å². The first-order chi connectivity index (χ1) is 14.1. The van der Waals surface area contributed by atoms with Gasteiger partial charge in [0, 0.05) is 31.8 Å². The highest BCUT2D eigenvalue weighted by molar-refractivity contribution is 5.89. The highest BCUT2D eigenvalue weighted by atomic mass is 16.5. The zero-order chi connectivity index (χ0) is 20.6. The second kappa shape index (κ2) is 10.2. The van der Waals surface area contributed by atoms with E-state index in [1.165, 1.54) is 0 Å². The topological polar surface area (TPSA) is 106 Å². The molecule has 2 aromatic rings. The van der Waals surface area contributed by atoms with Gasteiger partial charge in [0.05, 0.1) is 19.1 Å². The maximum absolute atomic E-state index is 12.4. The first-order valence-electron chi connectivity index (χ1n) is 9.86.